The summed E-state index contributed by atoms with van der Waals surface area (Å²) in [5.41, 5.74) is 3.74. The second kappa shape index (κ2) is 8.58. The summed E-state index contributed by atoms with van der Waals surface area (Å²) in [6.07, 6.45) is 0. The van der Waals surface area contributed by atoms with Crippen LogP contribution in [-0.4, -0.2) is 26.9 Å². The SMILES string of the molecule is CC1=C(c2nc(-c3ccc4c(c3)OCO4)no2)C(c2ccccc2)NC(=S)N1Cc1cccs1. The van der Waals surface area contributed by atoms with Gasteiger partial charge in [-0.25, -0.2) is 0 Å². The van der Waals surface area contributed by atoms with Crippen LogP contribution in [0.4, 0.5) is 0 Å². The van der Waals surface area contributed by atoms with Gasteiger partial charge in [-0.2, -0.15) is 4.98 Å². The summed E-state index contributed by atoms with van der Waals surface area (Å²) in [6.45, 7) is 2.94. The first-order chi connectivity index (χ1) is 16.7. The number of benzene rings is 2. The van der Waals surface area contributed by atoms with Gasteiger partial charge in [0.2, 0.25) is 12.6 Å². The third-order valence-electron chi connectivity index (χ3n) is 5.91. The van der Waals surface area contributed by atoms with Crippen molar-refractivity contribution in [1.82, 2.24) is 20.4 Å². The number of thiocarbonyl (C=S) groups is 1. The van der Waals surface area contributed by atoms with Crippen LogP contribution in [-0.2, 0) is 6.54 Å². The molecule has 2 aliphatic heterocycles. The van der Waals surface area contributed by atoms with Crippen LogP contribution >= 0.6 is 23.6 Å². The maximum atomic E-state index is 5.82. The van der Waals surface area contributed by atoms with Gasteiger partial charge in [-0.1, -0.05) is 41.6 Å². The van der Waals surface area contributed by atoms with Crippen LogP contribution < -0.4 is 14.8 Å². The molecule has 1 atom stereocenters. The quantitative estimate of drug-likeness (QED) is 0.375. The summed E-state index contributed by atoms with van der Waals surface area (Å²) in [7, 11) is 0. The van der Waals surface area contributed by atoms with Crippen LogP contribution in [0.3, 0.4) is 0 Å². The van der Waals surface area contributed by atoms with Gasteiger partial charge in [0.05, 0.1) is 18.2 Å². The molecule has 7 nitrogen and oxygen atoms in total. The van der Waals surface area contributed by atoms with E-state index >= 15 is 0 Å². The van der Waals surface area contributed by atoms with E-state index < -0.39 is 0 Å². The van der Waals surface area contributed by atoms with Gasteiger partial charge in [-0.15, -0.1) is 11.3 Å². The van der Waals surface area contributed by atoms with Gasteiger partial charge in [-0.3, -0.25) is 0 Å². The Labute approximate surface area is 205 Å². The van der Waals surface area contributed by atoms with Crippen molar-refractivity contribution in [3.8, 4) is 22.9 Å². The number of fused-ring (bicyclic) bond motifs is 1. The smallest absolute Gasteiger partial charge is 0.258 e. The summed E-state index contributed by atoms with van der Waals surface area (Å²) < 4.78 is 16.7. The van der Waals surface area contributed by atoms with Crippen molar-refractivity contribution >= 4 is 34.2 Å². The predicted octanol–water partition coefficient (Wildman–Crippen LogP) is 5.39. The zero-order chi connectivity index (χ0) is 23.1. The lowest BCUT2D eigenvalue weighted by Crippen LogP contribution is -2.45. The lowest BCUT2D eigenvalue weighted by atomic mass is 9.95. The van der Waals surface area contributed by atoms with Crippen molar-refractivity contribution < 1.29 is 14.0 Å². The highest BCUT2D eigenvalue weighted by Gasteiger charge is 2.34. The molecule has 0 aliphatic carbocycles. The molecule has 0 spiro atoms. The molecule has 2 aromatic carbocycles. The minimum Gasteiger partial charge on any atom is -0.454 e. The Kier molecular flexibility index (Phi) is 5.27. The number of hydrogen-bond acceptors (Lipinski definition) is 7. The lowest BCUT2D eigenvalue weighted by Gasteiger charge is -2.37. The molecule has 0 bridgehead atoms. The second-order valence-electron chi connectivity index (χ2n) is 7.95. The molecule has 0 saturated carbocycles. The first kappa shape index (κ1) is 20.9. The van der Waals surface area contributed by atoms with Crippen molar-refractivity contribution in [2.45, 2.75) is 19.5 Å². The molecule has 2 aliphatic rings. The van der Waals surface area contributed by atoms with E-state index in [1.165, 1.54) is 4.88 Å². The third-order valence-corrected chi connectivity index (χ3v) is 7.11. The Bertz CT molecular complexity index is 1380. The summed E-state index contributed by atoms with van der Waals surface area (Å²) >= 11 is 7.48. The molecule has 4 heterocycles. The van der Waals surface area contributed by atoms with E-state index in [4.69, 9.17) is 31.2 Å². The number of nitrogens with zero attached hydrogens (tertiary/aromatic N) is 3. The summed E-state index contributed by atoms with van der Waals surface area (Å²) in [6, 6.07) is 19.7. The van der Waals surface area contributed by atoms with E-state index in [1.54, 1.807) is 11.3 Å². The molecular weight excluding hydrogens is 468 g/mol. The van der Waals surface area contributed by atoms with Gasteiger partial charge in [0.15, 0.2) is 16.6 Å². The van der Waals surface area contributed by atoms with E-state index in [-0.39, 0.29) is 12.8 Å². The number of aromatic nitrogens is 2. The highest BCUT2D eigenvalue weighted by molar-refractivity contribution is 7.80. The third kappa shape index (κ3) is 3.72. The fraction of sp³-hybridized carbons (Fsp3) is 0.160. The van der Waals surface area contributed by atoms with E-state index in [9.17, 15) is 0 Å². The van der Waals surface area contributed by atoms with Crippen LogP contribution in [0.5, 0.6) is 11.5 Å². The average Bonchev–Trinajstić information content (AvgIpc) is 3.63. The van der Waals surface area contributed by atoms with Gasteiger partial charge < -0.3 is 24.2 Å². The van der Waals surface area contributed by atoms with Gasteiger partial charge in [0.25, 0.3) is 5.89 Å². The fourth-order valence-corrected chi connectivity index (χ4v) is 5.20. The number of nitrogens with one attached hydrogen (secondary N) is 1. The maximum absolute atomic E-state index is 5.82. The van der Waals surface area contributed by atoms with Crippen molar-refractivity contribution in [1.29, 1.82) is 0 Å². The molecule has 34 heavy (non-hydrogen) atoms. The Morgan fingerprint density at radius 2 is 1.94 bits per heavy atom. The minimum absolute atomic E-state index is 0.210. The number of ether oxygens (including phenoxy) is 2. The molecule has 1 unspecified atom stereocenters. The summed E-state index contributed by atoms with van der Waals surface area (Å²) in [5.74, 6) is 2.32. The Balaban J connectivity index is 1.42. The molecule has 2 aromatic heterocycles. The number of rotatable bonds is 5. The van der Waals surface area contributed by atoms with Crippen LogP contribution in [0.25, 0.3) is 17.0 Å². The molecule has 1 N–H and O–H groups in total. The maximum Gasteiger partial charge on any atom is 0.258 e. The molecule has 6 rings (SSSR count). The van der Waals surface area contributed by atoms with Crippen LogP contribution in [0.1, 0.15) is 29.3 Å². The van der Waals surface area contributed by atoms with E-state index in [2.05, 4.69) is 45.9 Å². The standard InChI is InChI=1S/C25H20N4O3S2/c1-15-21(24-27-23(28-32-24)17-9-10-19-20(12-17)31-14-30-19)22(16-6-3-2-4-7-16)26-25(33)29(15)13-18-8-5-11-34-18/h2-12,22H,13-14H2,1H3,(H,26,33). The van der Waals surface area contributed by atoms with Crippen LogP contribution in [0.15, 0.2) is 76.3 Å². The van der Waals surface area contributed by atoms with Crippen molar-refractivity contribution in [2.75, 3.05) is 6.79 Å². The minimum atomic E-state index is -0.210. The zero-order valence-electron chi connectivity index (χ0n) is 18.2. The lowest BCUT2D eigenvalue weighted by molar-refractivity contribution is 0.174. The van der Waals surface area contributed by atoms with Gasteiger partial charge >= 0.3 is 0 Å². The number of allylic oxidation sites excluding steroid dienone is 1. The monoisotopic (exact) mass is 488 g/mol. The average molecular weight is 489 g/mol. The van der Waals surface area contributed by atoms with E-state index in [1.807, 2.05) is 42.5 Å². The summed E-state index contributed by atoms with van der Waals surface area (Å²) in [4.78, 5) is 8.07. The first-order valence-electron chi connectivity index (χ1n) is 10.8. The highest BCUT2D eigenvalue weighted by atomic mass is 32.1. The molecule has 4 aromatic rings. The van der Waals surface area contributed by atoms with Crippen LogP contribution in [0, 0.1) is 0 Å². The Morgan fingerprint density at radius 1 is 1.09 bits per heavy atom. The van der Waals surface area contributed by atoms with Gasteiger partial charge in [0.1, 0.15) is 0 Å². The van der Waals surface area contributed by atoms with Gasteiger partial charge in [0, 0.05) is 16.1 Å². The van der Waals surface area contributed by atoms with E-state index in [0.717, 1.165) is 22.4 Å². The topological polar surface area (TPSA) is 72.6 Å². The molecule has 170 valence electrons. The predicted molar refractivity (Wildman–Crippen MR) is 133 cm³/mol. The molecule has 0 radical (unpaired) electrons. The number of thiophene rings is 1. The first-order valence-corrected chi connectivity index (χ1v) is 12.1. The summed E-state index contributed by atoms with van der Waals surface area (Å²) in [5, 5.41) is 10.5. The number of hydrogen-bond donors (Lipinski definition) is 1. The van der Waals surface area contributed by atoms with Crippen molar-refractivity contribution in [3.05, 3.63) is 88.1 Å². The molecule has 0 fully saturated rings. The largest absolute Gasteiger partial charge is 0.454 e. The van der Waals surface area contributed by atoms with Gasteiger partial charge in [-0.05, 0) is 54.4 Å². The van der Waals surface area contributed by atoms with Crippen molar-refractivity contribution in [2.24, 2.45) is 0 Å². The fourth-order valence-electron chi connectivity index (χ4n) is 4.19. The molecule has 0 amide bonds. The zero-order valence-corrected chi connectivity index (χ0v) is 19.9. The normalized spacial score (nSPS) is 17.3. The second-order valence-corrected chi connectivity index (χ2v) is 9.37. The molecule has 9 heteroatoms. The van der Waals surface area contributed by atoms with Crippen LogP contribution in [0.2, 0.25) is 0 Å². The Morgan fingerprint density at radius 3 is 2.76 bits per heavy atom. The molecule has 0 saturated heterocycles. The molecular formula is C25H20N4O3S2. The highest BCUT2D eigenvalue weighted by Crippen LogP contribution is 2.39. The van der Waals surface area contributed by atoms with E-state index in [0.29, 0.717) is 34.9 Å². The Hall–Kier alpha value is -3.69. The van der Waals surface area contributed by atoms with Crippen molar-refractivity contribution in [3.63, 3.8) is 0 Å².